The van der Waals surface area contributed by atoms with Gasteiger partial charge < -0.3 is 10.4 Å². The summed E-state index contributed by atoms with van der Waals surface area (Å²) in [7, 11) is 0. The summed E-state index contributed by atoms with van der Waals surface area (Å²) >= 11 is 0. The Morgan fingerprint density at radius 1 is 1.56 bits per heavy atom. The number of nitrogens with one attached hydrogen (secondary N) is 1. The highest BCUT2D eigenvalue weighted by atomic mass is 19.2. The summed E-state index contributed by atoms with van der Waals surface area (Å²) in [6, 6.07) is 1.10. The van der Waals surface area contributed by atoms with Gasteiger partial charge in [-0.15, -0.1) is 0 Å². The molecule has 0 radical (unpaired) electrons. The largest absolute Gasteiger partial charge is 0.394 e. The lowest BCUT2D eigenvalue weighted by Gasteiger charge is -2.14. The number of rotatable bonds is 3. The third-order valence-corrected chi connectivity index (χ3v) is 2.63. The van der Waals surface area contributed by atoms with Crippen molar-refractivity contribution in [2.24, 2.45) is 0 Å². The van der Waals surface area contributed by atoms with E-state index in [9.17, 15) is 13.6 Å². The van der Waals surface area contributed by atoms with Crippen LogP contribution in [0.1, 0.15) is 23.2 Å². The molecule has 2 rings (SSSR count). The maximum Gasteiger partial charge on any atom is 0.254 e. The highest BCUT2D eigenvalue weighted by molar-refractivity contribution is 5.95. The maximum absolute atomic E-state index is 13.2. The van der Waals surface area contributed by atoms with E-state index >= 15 is 0 Å². The van der Waals surface area contributed by atoms with Crippen LogP contribution >= 0.6 is 0 Å². The summed E-state index contributed by atoms with van der Waals surface area (Å²) < 4.78 is 25.9. The lowest BCUT2D eigenvalue weighted by molar-refractivity contribution is 0.0901. The molecule has 86 valence electrons. The average Bonchev–Trinajstić information content (AvgIpc) is 3.02. The zero-order valence-electron chi connectivity index (χ0n) is 8.33. The van der Waals surface area contributed by atoms with Gasteiger partial charge in [-0.3, -0.25) is 4.79 Å². The van der Waals surface area contributed by atoms with Crippen LogP contribution in [0.5, 0.6) is 0 Å². The minimum absolute atomic E-state index is 0.200. The van der Waals surface area contributed by atoms with Crippen molar-refractivity contribution in [1.29, 1.82) is 0 Å². The first-order valence-corrected chi connectivity index (χ1v) is 4.81. The smallest absolute Gasteiger partial charge is 0.254 e. The molecule has 6 heteroatoms. The summed E-state index contributed by atoms with van der Waals surface area (Å²) in [4.78, 5) is 14.7. The number of aliphatic hydroxyl groups excluding tert-OH is 1. The fraction of sp³-hybridized carbons (Fsp3) is 0.400. The summed E-state index contributed by atoms with van der Waals surface area (Å²) in [5.74, 6) is -3.31. The number of hydrogen-bond donors (Lipinski definition) is 2. The number of carbonyl (C=O) groups excluding carboxylic acids is 1. The molecule has 1 saturated carbocycles. The molecule has 1 heterocycles. The quantitative estimate of drug-likeness (QED) is 0.745. The topological polar surface area (TPSA) is 62.2 Å². The number of carbonyl (C=O) groups is 1. The van der Waals surface area contributed by atoms with Crippen molar-refractivity contribution >= 4 is 5.91 Å². The normalized spacial score (nSPS) is 16.9. The zero-order chi connectivity index (χ0) is 11.8. The maximum atomic E-state index is 13.2. The Kier molecular flexibility index (Phi) is 2.59. The van der Waals surface area contributed by atoms with Crippen LogP contribution in [-0.4, -0.2) is 28.1 Å². The molecule has 1 aliphatic rings. The van der Waals surface area contributed by atoms with Crippen molar-refractivity contribution in [2.75, 3.05) is 6.61 Å². The SMILES string of the molecule is O=C(NC1(CO)CC1)c1ccnc(F)c1F. The number of amides is 1. The second kappa shape index (κ2) is 3.79. The van der Waals surface area contributed by atoms with Gasteiger partial charge in [-0.25, -0.2) is 9.37 Å². The molecule has 1 aromatic rings. The number of halogens is 2. The summed E-state index contributed by atoms with van der Waals surface area (Å²) in [6.45, 7) is -0.200. The Labute approximate surface area is 90.3 Å². The Balaban J connectivity index is 2.18. The molecule has 0 bridgehead atoms. The third kappa shape index (κ3) is 1.88. The highest BCUT2D eigenvalue weighted by Gasteiger charge is 2.43. The Morgan fingerprint density at radius 3 is 2.81 bits per heavy atom. The van der Waals surface area contributed by atoms with E-state index in [1.54, 1.807) is 0 Å². The molecule has 0 aromatic carbocycles. The number of nitrogens with zero attached hydrogens (tertiary/aromatic N) is 1. The standard InChI is InChI=1S/C10H10F2N2O2/c11-7-6(1-4-13-8(7)12)9(16)14-10(5-15)2-3-10/h1,4,15H,2-3,5H2,(H,14,16). The van der Waals surface area contributed by atoms with Gasteiger partial charge >= 0.3 is 0 Å². The van der Waals surface area contributed by atoms with Crippen molar-refractivity contribution in [3.63, 3.8) is 0 Å². The van der Waals surface area contributed by atoms with E-state index in [1.807, 2.05) is 0 Å². The lowest BCUT2D eigenvalue weighted by Crippen LogP contribution is -2.40. The van der Waals surface area contributed by atoms with Gasteiger partial charge in [0.05, 0.1) is 17.7 Å². The van der Waals surface area contributed by atoms with Crippen molar-refractivity contribution in [3.8, 4) is 0 Å². The Bertz CT molecular complexity index is 433. The van der Waals surface area contributed by atoms with Crippen LogP contribution in [0.4, 0.5) is 8.78 Å². The summed E-state index contributed by atoms with van der Waals surface area (Å²) in [5, 5.41) is 11.5. The number of hydrogen-bond acceptors (Lipinski definition) is 3. The number of aliphatic hydroxyl groups is 1. The molecule has 0 unspecified atom stereocenters. The molecule has 4 nitrogen and oxygen atoms in total. The van der Waals surface area contributed by atoms with E-state index in [0.29, 0.717) is 12.8 Å². The molecule has 1 aliphatic carbocycles. The zero-order valence-corrected chi connectivity index (χ0v) is 8.33. The molecular weight excluding hydrogens is 218 g/mol. The van der Waals surface area contributed by atoms with Gasteiger partial charge in [0, 0.05) is 6.20 Å². The fourth-order valence-electron chi connectivity index (χ4n) is 1.38. The van der Waals surface area contributed by atoms with Crippen LogP contribution in [0.3, 0.4) is 0 Å². The van der Waals surface area contributed by atoms with Crippen LogP contribution in [0, 0.1) is 11.8 Å². The van der Waals surface area contributed by atoms with Gasteiger partial charge in [0.1, 0.15) is 0 Å². The number of pyridine rings is 1. The molecule has 1 aromatic heterocycles. The van der Waals surface area contributed by atoms with E-state index in [2.05, 4.69) is 10.3 Å². The average molecular weight is 228 g/mol. The fourth-order valence-corrected chi connectivity index (χ4v) is 1.38. The lowest BCUT2D eigenvalue weighted by atomic mass is 10.2. The van der Waals surface area contributed by atoms with E-state index in [1.165, 1.54) is 0 Å². The van der Waals surface area contributed by atoms with Crippen molar-refractivity contribution in [1.82, 2.24) is 10.3 Å². The second-order valence-electron chi connectivity index (χ2n) is 3.86. The molecule has 0 aliphatic heterocycles. The van der Waals surface area contributed by atoms with Gasteiger partial charge in [-0.2, -0.15) is 4.39 Å². The van der Waals surface area contributed by atoms with Gasteiger partial charge in [0.25, 0.3) is 5.91 Å². The molecule has 0 saturated heterocycles. The molecule has 16 heavy (non-hydrogen) atoms. The molecule has 1 fully saturated rings. The van der Waals surface area contributed by atoms with Gasteiger partial charge in [0.15, 0.2) is 5.82 Å². The van der Waals surface area contributed by atoms with Gasteiger partial charge in [-0.05, 0) is 18.9 Å². The monoisotopic (exact) mass is 228 g/mol. The van der Waals surface area contributed by atoms with E-state index in [4.69, 9.17) is 5.11 Å². The minimum Gasteiger partial charge on any atom is -0.394 e. The Morgan fingerprint density at radius 2 is 2.25 bits per heavy atom. The van der Waals surface area contributed by atoms with Crippen LogP contribution < -0.4 is 5.32 Å². The van der Waals surface area contributed by atoms with Gasteiger partial charge in [0.2, 0.25) is 5.95 Å². The molecule has 2 N–H and O–H groups in total. The molecule has 0 spiro atoms. The second-order valence-corrected chi connectivity index (χ2v) is 3.86. The number of aromatic nitrogens is 1. The minimum atomic E-state index is -1.30. The summed E-state index contributed by atoms with van der Waals surface area (Å²) in [6.07, 6.45) is 2.31. The predicted molar refractivity (Wildman–Crippen MR) is 50.7 cm³/mol. The first-order valence-electron chi connectivity index (χ1n) is 4.81. The van der Waals surface area contributed by atoms with Crippen LogP contribution in [0.2, 0.25) is 0 Å². The van der Waals surface area contributed by atoms with E-state index in [-0.39, 0.29) is 6.61 Å². The van der Waals surface area contributed by atoms with Gasteiger partial charge in [-0.1, -0.05) is 0 Å². The third-order valence-electron chi connectivity index (χ3n) is 2.63. The van der Waals surface area contributed by atoms with E-state index < -0.39 is 28.8 Å². The van der Waals surface area contributed by atoms with Crippen LogP contribution in [0.15, 0.2) is 12.3 Å². The Hall–Kier alpha value is -1.56. The van der Waals surface area contributed by atoms with Crippen LogP contribution in [0.25, 0.3) is 0 Å². The van der Waals surface area contributed by atoms with Crippen molar-refractivity contribution < 1.29 is 18.7 Å². The van der Waals surface area contributed by atoms with E-state index in [0.717, 1.165) is 12.3 Å². The molecular formula is C10H10F2N2O2. The first kappa shape index (κ1) is 10.9. The summed E-state index contributed by atoms with van der Waals surface area (Å²) in [5.41, 5.74) is -1.05. The molecule has 0 atom stereocenters. The van der Waals surface area contributed by atoms with Crippen LogP contribution in [-0.2, 0) is 0 Å². The molecule has 1 amide bonds. The highest BCUT2D eigenvalue weighted by Crippen LogP contribution is 2.34. The van der Waals surface area contributed by atoms with Crippen molar-refractivity contribution in [3.05, 3.63) is 29.6 Å². The first-order chi connectivity index (χ1) is 7.58. The van der Waals surface area contributed by atoms with Crippen molar-refractivity contribution in [2.45, 2.75) is 18.4 Å². The predicted octanol–water partition coefficient (Wildman–Crippen LogP) is 0.614.